The molecule has 30 heavy (non-hydrogen) atoms. The number of phenolic OH excluding ortho intramolecular Hbond substituents is 1. The van der Waals surface area contributed by atoms with Gasteiger partial charge in [-0.3, -0.25) is 0 Å². The van der Waals surface area contributed by atoms with Crippen molar-refractivity contribution in [3.05, 3.63) is 84.2 Å². The third kappa shape index (κ3) is 3.48. The van der Waals surface area contributed by atoms with Crippen LogP contribution in [0.3, 0.4) is 0 Å². The van der Waals surface area contributed by atoms with Gasteiger partial charge in [0.25, 0.3) is 0 Å². The first kappa shape index (κ1) is 18.9. The molecule has 1 unspecified atom stereocenters. The Morgan fingerprint density at radius 3 is 2.60 bits per heavy atom. The van der Waals surface area contributed by atoms with Crippen LogP contribution in [0.1, 0.15) is 11.6 Å². The van der Waals surface area contributed by atoms with Gasteiger partial charge in [0.2, 0.25) is 0 Å². The number of hydrogen-bond donors (Lipinski definition) is 1. The van der Waals surface area contributed by atoms with Crippen LogP contribution in [0.15, 0.2) is 72.8 Å². The lowest BCUT2D eigenvalue weighted by Gasteiger charge is -2.37. The van der Waals surface area contributed by atoms with Crippen LogP contribution < -0.4 is 4.90 Å². The van der Waals surface area contributed by atoms with Crippen molar-refractivity contribution in [2.24, 2.45) is 0 Å². The molecule has 1 saturated heterocycles. The van der Waals surface area contributed by atoms with Gasteiger partial charge in [-0.25, -0.2) is 14.4 Å². The standard InChI is InChI=1S/C24H20FN3OS/c25-17-10-11-20-19(14-17)24(27-23(26-20)18-8-4-5-9-22(18)29)28-12-13-30-15-21(28)16-6-2-1-3-7-16/h1-11,14,21,29H,12-13,15H2. The number of rotatable bonds is 3. The number of aromatic hydroxyl groups is 1. The van der Waals surface area contributed by atoms with E-state index in [0.717, 1.165) is 18.1 Å². The lowest BCUT2D eigenvalue weighted by molar-refractivity contribution is 0.477. The average Bonchev–Trinajstić information content (AvgIpc) is 2.79. The maximum Gasteiger partial charge on any atom is 0.165 e. The summed E-state index contributed by atoms with van der Waals surface area (Å²) in [6.45, 7) is 0.799. The molecule has 150 valence electrons. The molecule has 5 rings (SSSR count). The summed E-state index contributed by atoms with van der Waals surface area (Å²) in [5.74, 6) is 2.84. The van der Waals surface area contributed by atoms with Crippen molar-refractivity contribution >= 4 is 28.5 Å². The number of aromatic nitrogens is 2. The van der Waals surface area contributed by atoms with E-state index in [4.69, 9.17) is 4.98 Å². The maximum absolute atomic E-state index is 14.2. The lowest BCUT2D eigenvalue weighted by atomic mass is 10.1. The number of benzene rings is 3. The predicted octanol–water partition coefficient (Wildman–Crippen LogP) is 5.44. The van der Waals surface area contributed by atoms with Gasteiger partial charge in [-0.2, -0.15) is 11.8 Å². The van der Waals surface area contributed by atoms with Crippen molar-refractivity contribution in [2.75, 3.05) is 23.0 Å². The fraction of sp³-hybridized carbons (Fsp3) is 0.167. The molecule has 2 heterocycles. The van der Waals surface area contributed by atoms with E-state index in [-0.39, 0.29) is 17.6 Å². The van der Waals surface area contributed by atoms with E-state index in [1.807, 2.05) is 36.0 Å². The van der Waals surface area contributed by atoms with Gasteiger partial charge in [-0.1, -0.05) is 42.5 Å². The van der Waals surface area contributed by atoms with E-state index < -0.39 is 0 Å². The van der Waals surface area contributed by atoms with Crippen molar-refractivity contribution in [2.45, 2.75) is 6.04 Å². The summed E-state index contributed by atoms with van der Waals surface area (Å²) < 4.78 is 14.2. The van der Waals surface area contributed by atoms with E-state index in [0.29, 0.717) is 28.1 Å². The second-order valence-corrected chi connectivity index (χ2v) is 8.39. The molecule has 0 aliphatic carbocycles. The first-order chi connectivity index (χ1) is 14.7. The largest absolute Gasteiger partial charge is 0.507 e. The predicted molar refractivity (Wildman–Crippen MR) is 120 cm³/mol. The Bertz CT molecular complexity index is 1200. The van der Waals surface area contributed by atoms with Crippen LogP contribution in [0.4, 0.5) is 10.2 Å². The Hall–Kier alpha value is -3.12. The molecular formula is C24H20FN3OS. The SMILES string of the molecule is Oc1ccccc1-c1nc(N2CCSCC2c2ccccc2)c2cc(F)ccc2n1. The first-order valence-corrected chi connectivity index (χ1v) is 11.0. The van der Waals surface area contributed by atoms with Gasteiger partial charge in [0.1, 0.15) is 17.4 Å². The van der Waals surface area contributed by atoms with E-state index in [9.17, 15) is 9.50 Å². The van der Waals surface area contributed by atoms with Gasteiger partial charge >= 0.3 is 0 Å². The summed E-state index contributed by atoms with van der Waals surface area (Å²) in [7, 11) is 0. The van der Waals surface area contributed by atoms with Gasteiger partial charge in [-0.05, 0) is 35.9 Å². The van der Waals surface area contributed by atoms with Crippen LogP contribution in [0.5, 0.6) is 5.75 Å². The van der Waals surface area contributed by atoms with Gasteiger partial charge in [0.05, 0.1) is 17.1 Å². The third-order valence-corrected chi connectivity index (χ3v) is 6.39. The molecule has 1 aliphatic heterocycles. The Labute approximate surface area is 178 Å². The average molecular weight is 418 g/mol. The maximum atomic E-state index is 14.2. The third-order valence-electron chi connectivity index (χ3n) is 5.37. The zero-order valence-electron chi connectivity index (χ0n) is 16.2. The molecule has 0 amide bonds. The zero-order chi connectivity index (χ0) is 20.5. The molecule has 0 radical (unpaired) electrons. The highest BCUT2D eigenvalue weighted by atomic mass is 32.2. The van der Waals surface area contributed by atoms with Crippen LogP contribution in [0, 0.1) is 5.82 Å². The van der Waals surface area contributed by atoms with E-state index >= 15 is 0 Å². The van der Waals surface area contributed by atoms with Gasteiger partial charge in [0.15, 0.2) is 5.82 Å². The fourth-order valence-corrected chi connectivity index (χ4v) is 4.98. The van der Waals surface area contributed by atoms with Gasteiger partial charge < -0.3 is 10.0 Å². The number of para-hydroxylation sites is 1. The van der Waals surface area contributed by atoms with Crippen LogP contribution in [0.25, 0.3) is 22.3 Å². The first-order valence-electron chi connectivity index (χ1n) is 9.86. The Morgan fingerprint density at radius 2 is 1.77 bits per heavy atom. The minimum atomic E-state index is -0.315. The van der Waals surface area contributed by atoms with E-state index in [2.05, 4.69) is 22.0 Å². The molecule has 6 heteroatoms. The number of phenols is 1. The van der Waals surface area contributed by atoms with Crippen molar-refractivity contribution in [1.29, 1.82) is 0 Å². The molecule has 1 N–H and O–H groups in total. The Balaban J connectivity index is 1.72. The van der Waals surface area contributed by atoms with Crippen molar-refractivity contribution < 1.29 is 9.50 Å². The van der Waals surface area contributed by atoms with Crippen molar-refractivity contribution in [3.8, 4) is 17.1 Å². The number of halogens is 1. The molecule has 1 aromatic heterocycles. The molecule has 0 saturated carbocycles. The van der Waals surface area contributed by atoms with Crippen LogP contribution in [-0.4, -0.2) is 33.1 Å². The van der Waals surface area contributed by atoms with Crippen LogP contribution in [0.2, 0.25) is 0 Å². The lowest BCUT2D eigenvalue weighted by Crippen LogP contribution is -2.37. The molecular weight excluding hydrogens is 397 g/mol. The van der Waals surface area contributed by atoms with E-state index in [1.165, 1.54) is 17.7 Å². The highest BCUT2D eigenvalue weighted by Gasteiger charge is 2.28. The van der Waals surface area contributed by atoms with Crippen LogP contribution in [-0.2, 0) is 0 Å². The minimum absolute atomic E-state index is 0.124. The molecule has 1 fully saturated rings. The second kappa shape index (κ2) is 7.95. The summed E-state index contributed by atoms with van der Waals surface area (Å²) in [5.41, 5.74) is 2.43. The molecule has 0 bridgehead atoms. The number of nitrogens with zero attached hydrogens (tertiary/aromatic N) is 3. The monoisotopic (exact) mass is 417 g/mol. The number of fused-ring (bicyclic) bond motifs is 1. The normalized spacial score (nSPS) is 16.7. The van der Waals surface area contributed by atoms with Crippen molar-refractivity contribution in [1.82, 2.24) is 9.97 Å². The molecule has 4 aromatic rings. The van der Waals surface area contributed by atoms with Gasteiger partial charge in [-0.15, -0.1) is 0 Å². The highest BCUT2D eigenvalue weighted by Crippen LogP contribution is 2.38. The number of thioether (sulfide) groups is 1. The summed E-state index contributed by atoms with van der Waals surface area (Å²) in [6.07, 6.45) is 0. The number of hydrogen-bond acceptors (Lipinski definition) is 5. The fourth-order valence-electron chi connectivity index (χ4n) is 3.90. The Kier molecular flexibility index (Phi) is 5.01. The molecule has 1 aliphatic rings. The molecule has 4 nitrogen and oxygen atoms in total. The quantitative estimate of drug-likeness (QED) is 0.481. The van der Waals surface area contributed by atoms with Crippen LogP contribution >= 0.6 is 11.8 Å². The van der Waals surface area contributed by atoms with E-state index in [1.54, 1.807) is 24.3 Å². The molecule has 3 aromatic carbocycles. The Morgan fingerprint density at radius 1 is 0.967 bits per heavy atom. The molecule has 1 atom stereocenters. The summed E-state index contributed by atoms with van der Waals surface area (Å²) in [6, 6.07) is 22.1. The second-order valence-electron chi connectivity index (χ2n) is 7.24. The topological polar surface area (TPSA) is 49.3 Å². The summed E-state index contributed by atoms with van der Waals surface area (Å²) in [4.78, 5) is 11.7. The van der Waals surface area contributed by atoms with Crippen molar-refractivity contribution in [3.63, 3.8) is 0 Å². The summed E-state index contributed by atoms with van der Waals surface area (Å²) in [5, 5.41) is 11.0. The smallest absolute Gasteiger partial charge is 0.165 e. The minimum Gasteiger partial charge on any atom is -0.507 e. The highest BCUT2D eigenvalue weighted by molar-refractivity contribution is 7.99. The van der Waals surface area contributed by atoms with Gasteiger partial charge in [0, 0.05) is 23.4 Å². The number of anilines is 1. The molecule has 0 spiro atoms. The summed E-state index contributed by atoms with van der Waals surface area (Å²) >= 11 is 1.91. The zero-order valence-corrected chi connectivity index (χ0v) is 17.0.